The van der Waals surface area contributed by atoms with Crippen molar-refractivity contribution in [2.24, 2.45) is 0 Å². The Morgan fingerprint density at radius 3 is 2.85 bits per heavy atom. The van der Waals surface area contributed by atoms with Gasteiger partial charge < -0.3 is 10.1 Å². The molecule has 0 amide bonds. The predicted octanol–water partition coefficient (Wildman–Crippen LogP) is 4.10. The summed E-state index contributed by atoms with van der Waals surface area (Å²) in [6, 6.07) is 14.1. The van der Waals surface area contributed by atoms with E-state index in [2.05, 4.69) is 21.2 Å². The average Bonchev–Trinajstić information content (AvgIpc) is 2.45. The maximum atomic E-state index is 13.7. The molecule has 1 N–H and O–H groups in total. The monoisotopic (exact) mass is 334 g/mol. The Kier molecular flexibility index (Phi) is 4.97. The molecule has 0 heterocycles. The summed E-state index contributed by atoms with van der Waals surface area (Å²) in [7, 11) is 0. The van der Waals surface area contributed by atoms with Crippen LogP contribution in [0, 0.1) is 17.1 Å². The van der Waals surface area contributed by atoms with E-state index in [-0.39, 0.29) is 12.4 Å². The van der Waals surface area contributed by atoms with Gasteiger partial charge in [-0.15, -0.1) is 0 Å². The number of hydrogen-bond acceptors (Lipinski definition) is 3. The molecule has 0 atom stereocenters. The standard InChI is InChI=1S/C15H12BrFN2O/c16-12-5-4-11(15(17)8-12)10-19-13-2-1-3-14(9-13)20-7-6-18/h1-5,8-9,19H,7,10H2. The first-order chi connectivity index (χ1) is 9.69. The first-order valence-electron chi connectivity index (χ1n) is 5.96. The SMILES string of the molecule is N#CCOc1cccc(NCc2ccc(Br)cc2F)c1. The molecule has 0 aliphatic carbocycles. The third-order valence-corrected chi connectivity index (χ3v) is 3.13. The second-order valence-corrected chi connectivity index (χ2v) is 4.98. The Hall–Kier alpha value is -2.06. The lowest BCUT2D eigenvalue weighted by molar-refractivity contribution is 0.368. The summed E-state index contributed by atoms with van der Waals surface area (Å²) >= 11 is 3.22. The van der Waals surface area contributed by atoms with Crippen molar-refractivity contribution in [3.05, 3.63) is 58.3 Å². The lowest BCUT2D eigenvalue weighted by Gasteiger charge is -2.09. The van der Waals surface area contributed by atoms with Crippen LogP contribution in [0.3, 0.4) is 0 Å². The van der Waals surface area contributed by atoms with Crippen LogP contribution in [-0.4, -0.2) is 6.61 Å². The number of hydrogen-bond donors (Lipinski definition) is 1. The zero-order valence-corrected chi connectivity index (χ0v) is 12.2. The molecular weight excluding hydrogens is 323 g/mol. The molecule has 3 nitrogen and oxygen atoms in total. The van der Waals surface area contributed by atoms with E-state index in [0.717, 1.165) is 5.69 Å². The van der Waals surface area contributed by atoms with Gasteiger partial charge in [-0.25, -0.2) is 4.39 Å². The third kappa shape index (κ3) is 3.97. The average molecular weight is 335 g/mol. The molecule has 0 spiro atoms. The molecular formula is C15H12BrFN2O. The summed E-state index contributed by atoms with van der Waals surface area (Å²) in [5, 5.41) is 11.6. The van der Waals surface area contributed by atoms with Gasteiger partial charge in [0.25, 0.3) is 0 Å². The summed E-state index contributed by atoms with van der Waals surface area (Å²) in [4.78, 5) is 0. The Balaban J connectivity index is 2.01. The van der Waals surface area contributed by atoms with Crippen molar-refractivity contribution in [3.63, 3.8) is 0 Å². The van der Waals surface area contributed by atoms with Crippen molar-refractivity contribution in [2.45, 2.75) is 6.54 Å². The lowest BCUT2D eigenvalue weighted by atomic mass is 10.2. The van der Waals surface area contributed by atoms with Crippen LogP contribution in [0.25, 0.3) is 0 Å². The number of anilines is 1. The van der Waals surface area contributed by atoms with E-state index < -0.39 is 0 Å². The van der Waals surface area contributed by atoms with Crippen LogP contribution in [0.5, 0.6) is 5.75 Å². The van der Waals surface area contributed by atoms with Gasteiger partial charge in [-0.05, 0) is 24.3 Å². The summed E-state index contributed by atoms with van der Waals surface area (Å²) in [6.07, 6.45) is 0. The molecule has 2 rings (SSSR count). The fourth-order valence-electron chi connectivity index (χ4n) is 1.67. The molecule has 20 heavy (non-hydrogen) atoms. The molecule has 0 bridgehead atoms. The van der Waals surface area contributed by atoms with Gasteiger partial charge >= 0.3 is 0 Å². The van der Waals surface area contributed by atoms with Crippen LogP contribution in [0.1, 0.15) is 5.56 Å². The molecule has 5 heteroatoms. The van der Waals surface area contributed by atoms with E-state index in [1.54, 1.807) is 24.3 Å². The molecule has 0 aliphatic heterocycles. The van der Waals surface area contributed by atoms with Crippen molar-refractivity contribution in [1.29, 1.82) is 5.26 Å². The van der Waals surface area contributed by atoms with E-state index in [9.17, 15) is 4.39 Å². The molecule has 0 saturated heterocycles. The Bertz CT molecular complexity index is 640. The largest absolute Gasteiger partial charge is 0.479 e. The predicted molar refractivity (Wildman–Crippen MR) is 79.0 cm³/mol. The molecule has 2 aromatic rings. The minimum atomic E-state index is -0.260. The number of nitrogens with zero attached hydrogens (tertiary/aromatic N) is 1. The zero-order chi connectivity index (χ0) is 14.4. The van der Waals surface area contributed by atoms with Gasteiger partial charge in [0.1, 0.15) is 17.6 Å². The molecule has 0 saturated carbocycles. The van der Waals surface area contributed by atoms with E-state index in [1.165, 1.54) is 6.07 Å². The third-order valence-electron chi connectivity index (χ3n) is 2.64. The molecule has 0 aliphatic rings. The van der Waals surface area contributed by atoms with Gasteiger partial charge in [0.15, 0.2) is 6.61 Å². The fourth-order valence-corrected chi connectivity index (χ4v) is 2.01. The highest BCUT2D eigenvalue weighted by Gasteiger charge is 2.03. The number of nitrogens with one attached hydrogen (secondary N) is 1. The number of ether oxygens (including phenoxy) is 1. The zero-order valence-electron chi connectivity index (χ0n) is 10.6. The summed E-state index contributed by atoms with van der Waals surface area (Å²) in [5.74, 6) is 0.344. The van der Waals surface area contributed by atoms with E-state index in [1.807, 2.05) is 18.2 Å². The second-order valence-electron chi connectivity index (χ2n) is 4.06. The summed E-state index contributed by atoms with van der Waals surface area (Å²) in [6.45, 7) is 0.381. The number of rotatable bonds is 5. The van der Waals surface area contributed by atoms with Crippen molar-refractivity contribution in [2.75, 3.05) is 11.9 Å². The molecule has 102 valence electrons. The molecule has 2 aromatic carbocycles. The second kappa shape index (κ2) is 6.92. The van der Waals surface area contributed by atoms with Crippen molar-refractivity contribution in [1.82, 2.24) is 0 Å². The van der Waals surface area contributed by atoms with Crippen LogP contribution in [0.2, 0.25) is 0 Å². The topological polar surface area (TPSA) is 45.0 Å². The van der Waals surface area contributed by atoms with Gasteiger partial charge in [-0.3, -0.25) is 0 Å². The Labute approximate surface area is 125 Å². The van der Waals surface area contributed by atoms with Crippen LogP contribution in [0.15, 0.2) is 46.9 Å². The number of nitriles is 1. The van der Waals surface area contributed by atoms with E-state index in [0.29, 0.717) is 22.3 Å². The van der Waals surface area contributed by atoms with Gasteiger partial charge in [0, 0.05) is 28.3 Å². The van der Waals surface area contributed by atoms with Crippen LogP contribution in [-0.2, 0) is 6.54 Å². The lowest BCUT2D eigenvalue weighted by Crippen LogP contribution is -2.02. The van der Waals surface area contributed by atoms with Crippen molar-refractivity contribution < 1.29 is 9.13 Å². The van der Waals surface area contributed by atoms with Crippen LogP contribution < -0.4 is 10.1 Å². The van der Waals surface area contributed by atoms with Gasteiger partial charge in [0.2, 0.25) is 0 Å². The Morgan fingerprint density at radius 1 is 1.25 bits per heavy atom. The van der Waals surface area contributed by atoms with Crippen molar-refractivity contribution in [3.8, 4) is 11.8 Å². The highest BCUT2D eigenvalue weighted by Crippen LogP contribution is 2.20. The van der Waals surface area contributed by atoms with Crippen molar-refractivity contribution >= 4 is 21.6 Å². The smallest absolute Gasteiger partial charge is 0.174 e. The highest BCUT2D eigenvalue weighted by molar-refractivity contribution is 9.10. The van der Waals surface area contributed by atoms with Crippen LogP contribution in [0.4, 0.5) is 10.1 Å². The minimum absolute atomic E-state index is 0.00476. The van der Waals surface area contributed by atoms with Gasteiger partial charge in [-0.1, -0.05) is 28.1 Å². The van der Waals surface area contributed by atoms with Gasteiger partial charge in [0.05, 0.1) is 0 Å². The molecule has 0 radical (unpaired) electrons. The fraction of sp³-hybridized carbons (Fsp3) is 0.133. The summed E-state index contributed by atoms with van der Waals surface area (Å²) < 4.78 is 19.6. The van der Waals surface area contributed by atoms with Crippen LogP contribution >= 0.6 is 15.9 Å². The minimum Gasteiger partial charge on any atom is -0.479 e. The molecule has 0 aromatic heterocycles. The first kappa shape index (κ1) is 14.4. The quantitative estimate of drug-likeness (QED) is 0.895. The Morgan fingerprint density at radius 2 is 2.10 bits per heavy atom. The highest BCUT2D eigenvalue weighted by atomic mass is 79.9. The normalized spacial score (nSPS) is 9.85. The van der Waals surface area contributed by atoms with E-state index >= 15 is 0 Å². The number of halogens is 2. The number of benzene rings is 2. The van der Waals surface area contributed by atoms with Gasteiger partial charge in [-0.2, -0.15) is 5.26 Å². The maximum absolute atomic E-state index is 13.7. The molecule has 0 fully saturated rings. The maximum Gasteiger partial charge on any atom is 0.174 e. The first-order valence-corrected chi connectivity index (χ1v) is 6.76. The van der Waals surface area contributed by atoms with E-state index in [4.69, 9.17) is 10.00 Å². The summed E-state index contributed by atoms with van der Waals surface area (Å²) in [5.41, 5.74) is 1.39. The molecule has 0 unspecified atom stereocenters.